The van der Waals surface area contributed by atoms with E-state index in [0.717, 1.165) is 28.3 Å². The average molecular weight is 384 g/mol. The van der Waals surface area contributed by atoms with Gasteiger partial charge in [-0.1, -0.05) is 23.4 Å². The lowest BCUT2D eigenvalue weighted by atomic mass is 9.74. The number of aromatic nitrogens is 1. The second-order valence-corrected chi connectivity index (χ2v) is 7.83. The first-order valence-electron chi connectivity index (χ1n) is 9.54. The van der Waals surface area contributed by atoms with Gasteiger partial charge in [-0.2, -0.15) is 0 Å². The summed E-state index contributed by atoms with van der Waals surface area (Å²) >= 11 is 0. The van der Waals surface area contributed by atoms with Gasteiger partial charge in [0.2, 0.25) is 5.91 Å². The lowest BCUT2D eigenvalue weighted by Gasteiger charge is -2.27. The Labute approximate surface area is 163 Å². The zero-order valence-electron chi connectivity index (χ0n) is 16.1. The van der Waals surface area contributed by atoms with Crippen molar-refractivity contribution in [3.63, 3.8) is 0 Å². The maximum absolute atomic E-state index is 12.8. The van der Waals surface area contributed by atoms with Crippen molar-refractivity contribution in [2.45, 2.75) is 33.1 Å². The molecular weight excluding hydrogens is 360 g/mol. The Morgan fingerprint density at radius 2 is 2.11 bits per heavy atom. The van der Waals surface area contributed by atoms with E-state index in [-0.39, 0.29) is 18.4 Å². The van der Waals surface area contributed by atoms with Gasteiger partial charge in [0, 0.05) is 31.0 Å². The van der Waals surface area contributed by atoms with Gasteiger partial charge in [-0.25, -0.2) is 0 Å². The predicted molar refractivity (Wildman–Crippen MR) is 100 cm³/mol. The van der Waals surface area contributed by atoms with Crippen LogP contribution in [0, 0.1) is 25.2 Å². The van der Waals surface area contributed by atoms with Crippen molar-refractivity contribution in [3.05, 3.63) is 46.8 Å². The molecule has 7 nitrogen and oxygen atoms in total. The molecule has 2 atom stereocenters. The molecule has 3 heterocycles. The van der Waals surface area contributed by atoms with E-state index in [9.17, 15) is 14.7 Å². The minimum Gasteiger partial charge on any atom is -0.493 e. The first-order valence-corrected chi connectivity index (χ1v) is 9.54. The van der Waals surface area contributed by atoms with E-state index in [1.54, 1.807) is 4.90 Å². The van der Waals surface area contributed by atoms with Gasteiger partial charge in [-0.3, -0.25) is 9.59 Å². The van der Waals surface area contributed by atoms with Gasteiger partial charge in [0.05, 0.1) is 17.7 Å². The minimum absolute atomic E-state index is 0.0398. The molecule has 1 amide bonds. The molecule has 1 fully saturated rings. The van der Waals surface area contributed by atoms with Crippen molar-refractivity contribution >= 4 is 11.9 Å². The highest BCUT2D eigenvalue weighted by atomic mass is 16.5. The minimum atomic E-state index is -1.01. The van der Waals surface area contributed by atoms with Gasteiger partial charge >= 0.3 is 5.97 Å². The van der Waals surface area contributed by atoms with Crippen molar-refractivity contribution in [1.29, 1.82) is 0 Å². The summed E-state index contributed by atoms with van der Waals surface area (Å²) in [5, 5.41) is 14.0. The van der Waals surface area contributed by atoms with Crippen LogP contribution in [0.2, 0.25) is 0 Å². The molecule has 0 aliphatic carbocycles. The second kappa shape index (κ2) is 6.96. The molecule has 0 radical (unpaired) electrons. The first-order chi connectivity index (χ1) is 13.4. The third-order valence-electron chi connectivity index (χ3n) is 6.16. The number of nitrogens with zero attached hydrogens (tertiary/aromatic N) is 2. The molecule has 2 aliphatic rings. The molecule has 1 N–H and O–H groups in total. The van der Waals surface area contributed by atoms with E-state index in [2.05, 4.69) is 5.16 Å². The van der Waals surface area contributed by atoms with Crippen LogP contribution < -0.4 is 4.74 Å². The largest absolute Gasteiger partial charge is 0.493 e. The number of hydrogen-bond acceptors (Lipinski definition) is 5. The molecule has 148 valence electrons. The van der Waals surface area contributed by atoms with Crippen molar-refractivity contribution < 1.29 is 24.0 Å². The zero-order chi connectivity index (χ0) is 19.9. The number of amides is 1. The topological polar surface area (TPSA) is 92.9 Å². The summed E-state index contributed by atoms with van der Waals surface area (Å²) in [7, 11) is 0. The number of aryl methyl sites for hydroxylation is 2. The summed E-state index contributed by atoms with van der Waals surface area (Å²) in [6.45, 7) is 4.61. The van der Waals surface area contributed by atoms with Gasteiger partial charge in [-0.05, 0) is 38.3 Å². The molecule has 0 spiro atoms. The molecule has 0 bridgehead atoms. The zero-order valence-corrected chi connectivity index (χ0v) is 16.1. The maximum Gasteiger partial charge on any atom is 0.312 e. The molecule has 7 heteroatoms. The van der Waals surface area contributed by atoms with Gasteiger partial charge < -0.3 is 19.3 Å². The number of benzene rings is 1. The summed E-state index contributed by atoms with van der Waals surface area (Å²) in [6.07, 6.45) is 1.22. The first kappa shape index (κ1) is 18.5. The highest BCUT2D eigenvalue weighted by Crippen LogP contribution is 2.44. The number of likely N-dealkylation sites (tertiary alicyclic amines) is 1. The quantitative estimate of drug-likeness (QED) is 0.870. The van der Waals surface area contributed by atoms with Crippen LogP contribution in [-0.4, -0.2) is 46.7 Å². The Hall–Kier alpha value is -2.83. The molecule has 1 saturated heterocycles. The number of ether oxygens (including phenoxy) is 1. The normalized spacial score (nSPS) is 23.5. The Morgan fingerprint density at radius 1 is 1.32 bits per heavy atom. The summed E-state index contributed by atoms with van der Waals surface area (Å²) in [4.78, 5) is 26.8. The average Bonchev–Trinajstić information content (AvgIpc) is 3.15. The summed E-state index contributed by atoms with van der Waals surface area (Å²) < 4.78 is 11.0. The van der Waals surface area contributed by atoms with Crippen LogP contribution in [-0.2, 0) is 22.4 Å². The van der Waals surface area contributed by atoms with Crippen LogP contribution in [0.1, 0.15) is 29.0 Å². The van der Waals surface area contributed by atoms with Crippen LogP contribution in [0.3, 0.4) is 0 Å². The number of aliphatic carboxylic acids is 1. The van der Waals surface area contributed by atoms with E-state index in [1.807, 2.05) is 38.1 Å². The Bertz CT molecular complexity index is 902. The van der Waals surface area contributed by atoms with Crippen molar-refractivity contribution in [2.24, 2.45) is 11.3 Å². The summed E-state index contributed by atoms with van der Waals surface area (Å²) in [6, 6.07) is 7.56. The van der Waals surface area contributed by atoms with Crippen molar-refractivity contribution in [1.82, 2.24) is 10.1 Å². The van der Waals surface area contributed by atoms with E-state index in [0.29, 0.717) is 32.4 Å². The Balaban J connectivity index is 1.52. The third kappa shape index (κ3) is 3.04. The van der Waals surface area contributed by atoms with Crippen LogP contribution >= 0.6 is 0 Å². The highest BCUT2D eigenvalue weighted by Gasteiger charge is 2.55. The van der Waals surface area contributed by atoms with Crippen LogP contribution in [0.5, 0.6) is 5.75 Å². The third-order valence-corrected chi connectivity index (χ3v) is 6.16. The number of carbonyl (C=O) groups is 2. The smallest absolute Gasteiger partial charge is 0.312 e. The molecule has 4 rings (SSSR count). The van der Waals surface area contributed by atoms with E-state index >= 15 is 0 Å². The SMILES string of the molecule is Cc1noc(C)c1CCC(=O)N1CC2COc3ccccc3CC2(C(=O)O)C1. The monoisotopic (exact) mass is 384 g/mol. The standard InChI is InChI=1S/C21H24N2O5/c1-13-17(14(2)28-22-13)7-8-19(24)23-10-16-11-27-18-6-4-3-5-15(18)9-21(16,12-23)20(25)26/h3-6,16H,7-12H2,1-2H3,(H,25,26). The number of carboxylic acid groups (broad SMARTS) is 1. The van der Waals surface area contributed by atoms with Crippen LogP contribution in [0.25, 0.3) is 0 Å². The van der Waals surface area contributed by atoms with Gasteiger partial charge in [0.25, 0.3) is 0 Å². The van der Waals surface area contributed by atoms with Crippen molar-refractivity contribution in [2.75, 3.05) is 19.7 Å². The lowest BCUT2D eigenvalue weighted by molar-refractivity contribution is -0.151. The number of rotatable bonds is 4. The number of para-hydroxylation sites is 1. The predicted octanol–water partition coefficient (Wildman–Crippen LogP) is 2.39. The maximum atomic E-state index is 12.8. The van der Waals surface area contributed by atoms with Gasteiger partial charge in [0.15, 0.2) is 0 Å². The molecule has 1 aromatic heterocycles. The highest BCUT2D eigenvalue weighted by molar-refractivity contribution is 5.82. The number of fused-ring (bicyclic) bond motifs is 2. The van der Waals surface area contributed by atoms with Gasteiger partial charge in [-0.15, -0.1) is 0 Å². The lowest BCUT2D eigenvalue weighted by Crippen LogP contribution is -2.42. The molecule has 2 unspecified atom stereocenters. The molecule has 28 heavy (non-hydrogen) atoms. The molecule has 2 aromatic rings. The summed E-state index contributed by atoms with van der Waals surface area (Å²) in [5.41, 5.74) is 1.62. The molecule has 2 aliphatic heterocycles. The second-order valence-electron chi connectivity index (χ2n) is 7.83. The summed E-state index contributed by atoms with van der Waals surface area (Å²) in [5.74, 6) is 0.332. The van der Waals surface area contributed by atoms with Crippen LogP contribution in [0.4, 0.5) is 0 Å². The molecular formula is C21H24N2O5. The van der Waals surface area contributed by atoms with Crippen molar-refractivity contribution in [3.8, 4) is 5.75 Å². The molecule has 1 aromatic carbocycles. The van der Waals surface area contributed by atoms with Crippen LogP contribution in [0.15, 0.2) is 28.8 Å². The van der Waals surface area contributed by atoms with E-state index < -0.39 is 11.4 Å². The Kier molecular flexibility index (Phi) is 4.61. The molecule has 0 saturated carbocycles. The Morgan fingerprint density at radius 3 is 2.82 bits per heavy atom. The number of hydrogen-bond donors (Lipinski definition) is 1. The number of carbonyl (C=O) groups excluding carboxylic acids is 1. The fourth-order valence-electron chi connectivity index (χ4n) is 4.47. The van der Waals surface area contributed by atoms with E-state index in [4.69, 9.17) is 9.26 Å². The van der Waals surface area contributed by atoms with E-state index in [1.165, 1.54) is 0 Å². The fraction of sp³-hybridized carbons (Fsp3) is 0.476. The fourth-order valence-corrected chi connectivity index (χ4v) is 4.47. The van der Waals surface area contributed by atoms with Gasteiger partial charge in [0.1, 0.15) is 11.5 Å². The number of carboxylic acids is 1.